The Labute approximate surface area is 140 Å². The molecule has 1 heterocycles. The Balaban J connectivity index is 1.96. The summed E-state index contributed by atoms with van der Waals surface area (Å²) in [5.41, 5.74) is 4.26. The number of benzene rings is 2. The van der Waals surface area contributed by atoms with Gasteiger partial charge in [0.25, 0.3) is 5.91 Å². The van der Waals surface area contributed by atoms with E-state index in [4.69, 9.17) is 0 Å². The van der Waals surface area contributed by atoms with Crippen LogP contribution in [0.1, 0.15) is 31.9 Å². The molecule has 0 aliphatic carbocycles. The summed E-state index contributed by atoms with van der Waals surface area (Å²) in [6.07, 6.45) is 0.915. The van der Waals surface area contributed by atoms with E-state index in [1.165, 1.54) is 9.13 Å². The van der Waals surface area contributed by atoms with Crippen molar-refractivity contribution in [3.63, 3.8) is 0 Å². The minimum Gasteiger partial charge on any atom is -0.352 e. The van der Waals surface area contributed by atoms with Gasteiger partial charge in [0, 0.05) is 15.7 Å². The zero-order valence-corrected chi connectivity index (χ0v) is 14.4. The number of carbonyl (C=O) groups is 1. The van der Waals surface area contributed by atoms with Gasteiger partial charge < -0.3 is 5.32 Å². The summed E-state index contributed by atoms with van der Waals surface area (Å²) in [5, 5.41) is 2.90. The standard InChI is InChI=1S/C16H13BrINO/c17-15(11-3-5-13(18)6-4-11)12-2-1-10-7-8-19-16(20)14(10)9-12/h1-6,9,15H,7-8H2,(H,19,20). The second-order valence-electron chi connectivity index (χ2n) is 4.84. The molecule has 1 aliphatic heterocycles. The first kappa shape index (κ1) is 14.1. The first-order valence-corrected chi connectivity index (χ1v) is 8.45. The van der Waals surface area contributed by atoms with Crippen LogP contribution in [-0.4, -0.2) is 12.5 Å². The Kier molecular flexibility index (Phi) is 4.12. The van der Waals surface area contributed by atoms with Crippen molar-refractivity contribution in [1.82, 2.24) is 5.32 Å². The molecule has 1 amide bonds. The van der Waals surface area contributed by atoms with Crippen molar-refractivity contribution in [2.45, 2.75) is 11.2 Å². The minimum atomic E-state index is 0.0374. The largest absolute Gasteiger partial charge is 0.352 e. The summed E-state index contributed by atoms with van der Waals surface area (Å²) >= 11 is 6.03. The fourth-order valence-electron chi connectivity index (χ4n) is 2.41. The molecule has 1 N–H and O–H groups in total. The Morgan fingerprint density at radius 1 is 1.10 bits per heavy atom. The molecule has 2 aromatic rings. The van der Waals surface area contributed by atoms with Crippen LogP contribution < -0.4 is 5.32 Å². The number of alkyl halides is 1. The summed E-state index contributed by atoms with van der Waals surface area (Å²) < 4.78 is 1.22. The van der Waals surface area contributed by atoms with Gasteiger partial charge in [-0.3, -0.25) is 4.79 Å². The molecule has 0 bridgehead atoms. The number of fused-ring (bicyclic) bond motifs is 1. The summed E-state index contributed by atoms with van der Waals surface area (Å²) in [7, 11) is 0. The van der Waals surface area contributed by atoms with Gasteiger partial charge in [0.1, 0.15) is 0 Å². The van der Waals surface area contributed by atoms with E-state index >= 15 is 0 Å². The second kappa shape index (κ2) is 5.85. The number of hydrogen-bond donors (Lipinski definition) is 1. The topological polar surface area (TPSA) is 29.1 Å². The molecule has 0 aromatic heterocycles. The van der Waals surface area contributed by atoms with Gasteiger partial charge in [-0.1, -0.05) is 40.2 Å². The molecule has 2 aromatic carbocycles. The van der Waals surface area contributed by atoms with Crippen molar-refractivity contribution in [2.24, 2.45) is 0 Å². The summed E-state index contributed by atoms with van der Waals surface area (Å²) in [5.74, 6) is 0.0374. The van der Waals surface area contributed by atoms with E-state index in [0.717, 1.165) is 29.7 Å². The molecule has 0 spiro atoms. The first-order valence-electron chi connectivity index (χ1n) is 6.46. The van der Waals surface area contributed by atoms with Gasteiger partial charge in [0.15, 0.2) is 0 Å². The summed E-state index contributed by atoms with van der Waals surface area (Å²) in [6, 6.07) is 14.6. The third kappa shape index (κ3) is 2.76. The van der Waals surface area contributed by atoms with Gasteiger partial charge in [-0.15, -0.1) is 0 Å². The molecule has 1 atom stereocenters. The van der Waals surface area contributed by atoms with E-state index in [0.29, 0.717) is 0 Å². The lowest BCUT2D eigenvalue weighted by atomic mass is 9.95. The normalized spacial score (nSPS) is 15.4. The SMILES string of the molecule is O=C1NCCc2ccc(C(Br)c3ccc(I)cc3)cc21. The van der Waals surface area contributed by atoms with E-state index in [2.05, 4.69) is 80.2 Å². The number of amides is 1. The number of hydrogen-bond acceptors (Lipinski definition) is 1. The molecule has 2 nitrogen and oxygen atoms in total. The van der Waals surface area contributed by atoms with Crippen molar-refractivity contribution >= 4 is 44.4 Å². The van der Waals surface area contributed by atoms with Crippen LogP contribution in [-0.2, 0) is 6.42 Å². The molecule has 3 rings (SSSR count). The third-order valence-electron chi connectivity index (χ3n) is 3.51. The van der Waals surface area contributed by atoms with Gasteiger partial charge in [-0.25, -0.2) is 0 Å². The molecule has 1 unspecified atom stereocenters. The lowest BCUT2D eigenvalue weighted by Crippen LogP contribution is -2.31. The van der Waals surface area contributed by atoms with Gasteiger partial charge in [-0.05, 0) is 63.9 Å². The van der Waals surface area contributed by atoms with Crippen LogP contribution in [0.4, 0.5) is 0 Å². The third-order valence-corrected chi connectivity index (χ3v) is 5.29. The highest BCUT2D eigenvalue weighted by Crippen LogP contribution is 2.32. The van der Waals surface area contributed by atoms with Gasteiger partial charge in [0.05, 0.1) is 4.83 Å². The van der Waals surface area contributed by atoms with Crippen LogP contribution in [0.5, 0.6) is 0 Å². The maximum atomic E-state index is 11.9. The van der Waals surface area contributed by atoms with Gasteiger partial charge in [0.2, 0.25) is 0 Å². The van der Waals surface area contributed by atoms with E-state index in [9.17, 15) is 4.79 Å². The fraction of sp³-hybridized carbons (Fsp3) is 0.188. The van der Waals surface area contributed by atoms with Gasteiger partial charge >= 0.3 is 0 Å². The van der Waals surface area contributed by atoms with Crippen LogP contribution in [0, 0.1) is 3.57 Å². The van der Waals surface area contributed by atoms with E-state index in [1.807, 2.05) is 6.07 Å². The average molecular weight is 442 g/mol. The van der Waals surface area contributed by atoms with Gasteiger partial charge in [-0.2, -0.15) is 0 Å². The molecular formula is C16H13BrINO. The molecule has 0 saturated carbocycles. The fourth-order valence-corrected chi connectivity index (χ4v) is 3.36. The number of nitrogens with one attached hydrogen (secondary N) is 1. The maximum Gasteiger partial charge on any atom is 0.251 e. The summed E-state index contributed by atoms with van der Waals surface area (Å²) in [4.78, 5) is 12.0. The van der Waals surface area contributed by atoms with Crippen LogP contribution >= 0.6 is 38.5 Å². The first-order chi connectivity index (χ1) is 9.65. The number of halogens is 2. The zero-order valence-electron chi connectivity index (χ0n) is 10.7. The van der Waals surface area contributed by atoms with Crippen LogP contribution in [0.3, 0.4) is 0 Å². The van der Waals surface area contributed by atoms with E-state index < -0.39 is 0 Å². The van der Waals surface area contributed by atoms with E-state index in [1.54, 1.807) is 0 Å². The van der Waals surface area contributed by atoms with Crippen molar-refractivity contribution < 1.29 is 4.79 Å². The molecule has 0 radical (unpaired) electrons. The minimum absolute atomic E-state index is 0.0374. The number of rotatable bonds is 2. The Morgan fingerprint density at radius 2 is 1.80 bits per heavy atom. The molecule has 20 heavy (non-hydrogen) atoms. The molecule has 4 heteroatoms. The van der Waals surface area contributed by atoms with Crippen molar-refractivity contribution in [3.8, 4) is 0 Å². The smallest absolute Gasteiger partial charge is 0.251 e. The quantitative estimate of drug-likeness (QED) is 0.552. The lowest BCUT2D eigenvalue weighted by Gasteiger charge is -2.19. The maximum absolute atomic E-state index is 11.9. The molecule has 0 saturated heterocycles. The monoisotopic (exact) mass is 441 g/mol. The highest BCUT2D eigenvalue weighted by Gasteiger charge is 2.19. The van der Waals surface area contributed by atoms with E-state index in [-0.39, 0.29) is 10.7 Å². The molecule has 102 valence electrons. The molecule has 1 aliphatic rings. The van der Waals surface area contributed by atoms with Crippen molar-refractivity contribution in [1.29, 1.82) is 0 Å². The highest BCUT2D eigenvalue weighted by molar-refractivity contribution is 14.1. The van der Waals surface area contributed by atoms with Crippen LogP contribution in [0.25, 0.3) is 0 Å². The molecule has 0 fully saturated rings. The van der Waals surface area contributed by atoms with Crippen molar-refractivity contribution in [3.05, 3.63) is 68.3 Å². The second-order valence-corrected chi connectivity index (χ2v) is 7.00. The Bertz CT molecular complexity index is 654. The van der Waals surface area contributed by atoms with Crippen LogP contribution in [0.15, 0.2) is 42.5 Å². The number of carbonyl (C=O) groups excluding carboxylic acids is 1. The molecular weight excluding hydrogens is 429 g/mol. The van der Waals surface area contributed by atoms with Crippen molar-refractivity contribution in [2.75, 3.05) is 6.54 Å². The average Bonchev–Trinajstić information content (AvgIpc) is 2.47. The Morgan fingerprint density at radius 3 is 2.55 bits per heavy atom. The predicted octanol–water partition coefficient (Wildman–Crippen LogP) is 4.06. The highest BCUT2D eigenvalue weighted by atomic mass is 127. The van der Waals surface area contributed by atoms with Crippen LogP contribution in [0.2, 0.25) is 0 Å². The zero-order chi connectivity index (χ0) is 14.1. The predicted molar refractivity (Wildman–Crippen MR) is 92.4 cm³/mol. The lowest BCUT2D eigenvalue weighted by molar-refractivity contribution is 0.0946. The Hall–Kier alpha value is -0.880. The summed E-state index contributed by atoms with van der Waals surface area (Å²) in [6.45, 7) is 0.736.